The van der Waals surface area contributed by atoms with Crippen molar-refractivity contribution in [2.75, 3.05) is 5.75 Å². The summed E-state index contributed by atoms with van der Waals surface area (Å²) in [6, 6.07) is 0. The summed E-state index contributed by atoms with van der Waals surface area (Å²) < 4.78 is 53.0. The zero-order chi connectivity index (χ0) is 9.41. The molecule has 0 aromatic rings. The second kappa shape index (κ2) is 2.92. The molecule has 1 aliphatic rings. The molecule has 1 fully saturated rings. The molecule has 3 nitrogen and oxygen atoms in total. The lowest BCUT2D eigenvalue weighted by atomic mass is 10.2. The molecule has 0 aromatic carbocycles. The molecule has 0 aliphatic heterocycles. The SMILES string of the molecule is O=S(=O)(O)CCCC1CC1(F)F. The Morgan fingerprint density at radius 2 is 2.00 bits per heavy atom. The third-order valence-electron chi connectivity index (χ3n) is 1.91. The lowest BCUT2D eigenvalue weighted by Crippen LogP contribution is -2.04. The van der Waals surface area contributed by atoms with Crippen LogP contribution in [-0.4, -0.2) is 24.6 Å². The third-order valence-corrected chi connectivity index (χ3v) is 2.72. The molecule has 0 radical (unpaired) electrons. The van der Waals surface area contributed by atoms with E-state index < -0.39 is 27.7 Å². The second-order valence-corrected chi connectivity index (χ2v) is 4.66. The van der Waals surface area contributed by atoms with E-state index in [4.69, 9.17) is 4.55 Å². The fraction of sp³-hybridized carbons (Fsp3) is 1.00. The Morgan fingerprint density at radius 3 is 2.33 bits per heavy atom. The van der Waals surface area contributed by atoms with Crippen LogP contribution in [0.5, 0.6) is 0 Å². The predicted octanol–water partition coefficient (Wildman–Crippen LogP) is 1.31. The first kappa shape index (κ1) is 9.85. The minimum absolute atomic E-state index is 0.110. The molecule has 0 heterocycles. The smallest absolute Gasteiger partial charge is 0.264 e. The van der Waals surface area contributed by atoms with Crippen LogP contribution in [0, 0.1) is 5.92 Å². The van der Waals surface area contributed by atoms with Gasteiger partial charge in [0, 0.05) is 12.3 Å². The number of alkyl halides is 2. The van der Waals surface area contributed by atoms with E-state index in [2.05, 4.69) is 0 Å². The van der Waals surface area contributed by atoms with Gasteiger partial charge in [0.05, 0.1) is 5.75 Å². The largest absolute Gasteiger partial charge is 0.286 e. The first-order chi connectivity index (χ1) is 5.31. The summed E-state index contributed by atoms with van der Waals surface area (Å²) in [4.78, 5) is 0. The van der Waals surface area contributed by atoms with Gasteiger partial charge in [-0.1, -0.05) is 0 Å². The van der Waals surface area contributed by atoms with E-state index in [1.165, 1.54) is 0 Å². The molecule has 0 aromatic heterocycles. The molecule has 1 saturated carbocycles. The summed E-state index contributed by atoms with van der Waals surface area (Å²) in [5.41, 5.74) is 0. The summed E-state index contributed by atoms with van der Waals surface area (Å²) in [6.07, 6.45) is 0.143. The van der Waals surface area contributed by atoms with Gasteiger partial charge < -0.3 is 0 Å². The molecule has 6 heteroatoms. The summed E-state index contributed by atoms with van der Waals surface area (Å²) in [5.74, 6) is -3.67. The van der Waals surface area contributed by atoms with Crippen LogP contribution in [-0.2, 0) is 10.1 Å². The van der Waals surface area contributed by atoms with E-state index in [0.29, 0.717) is 0 Å². The highest BCUT2D eigenvalue weighted by atomic mass is 32.2. The fourth-order valence-electron chi connectivity index (χ4n) is 1.09. The summed E-state index contributed by atoms with van der Waals surface area (Å²) >= 11 is 0. The van der Waals surface area contributed by atoms with Crippen LogP contribution in [0.3, 0.4) is 0 Å². The summed E-state index contributed by atoms with van der Waals surface area (Å²) in [5, 5.41) is 0. The Hall–Kier alpha value is -0.230. The van der Waals surface area contributed by atoms with E-state index in [9.17, 15) is 17.2 Å². The van der Waals surface area contributed by atoms with Crippen molar-refractivity contribution in [3.8, 4) is 0 Å². The Balaban J connectivity index is 2.14. The van der Waals surface area contributed by atoms with Gasteiger partial charge >= 0.3 is 0 Å². The van der Waals surface area contributed by atoms with Crippen molar-refractivity contribution in [1.82, 2.24) is 0 Å². The lowest BCUT2D eigenvalue weighted by Gasteiger charge is -1.96. The van der Waals surface area contributed by atoms with Gasteiger partial charge in [-0.25, -0.2) is 8.78 Å². The van der Waals surface area contributed by atoms with Crippen molar-refractivity contribution in [3.63, 3.8) is 0 Å². The van der Waals surface area contributed by atoms with E-state index in [1.807, 2.05) is 0 Å². The van der Waals surface area contributed by atoms with Crippen molar-refractivity contribution < 1.29 is 21.8 Å². The fourth-order valence-corrected chi connectivity index (χ4v) is 1.63. The van der Waals surface area contributed by atoms with Crippen LogP contribution >= 0.6 is 0 Å². The predicted molar refractivity (Wildman–Crippen MR) is 38.7 cm³/mol. The zero-order valence-corrected chi connectivity index (χ0v) is 7.15. The van der Waals surface area contributed by atoms with E-state index in [0.717, 1.165) is 0 Å². The molecule has 0 bridgehead atoms. The molecule has 1 rings (SSSR count). The highest BCUT2D eigenvalue weighted by Gasteiger charge is 2.55. The van der Waals surface area contributed by atoms with Gasteiger partial charge in [-0.2, -0.15) is 8.42 Å². The normalized spacial score (nSPS) is 27.1. The molecule has 0 spiro atoms. The Labute approximate surface area is 69.5 Å². The Morgan fingerprint density at radius 1 is 1.50 bits per heavy atom. The van der Waals surface area contributed by atoms with Crippen LogP contribution in [0.25, 0.3) is 0 Å². The van der Waals surface area contributed by atoms with Gasteiger partial charge in [-0.3, -0.25) is 4.55 Å². The zero-order valence-electron chi connectivity index (χ0n) is 6.33. The molecule has 1 aliphatic carbocycles. The number of rotatable bonds is 4. The summed E-state index contributed by atoms with van der Waals surface area (Å²) in [6.45, 7) is 0. The molecular formula is C6H10F2O3S. The molecule has 1 atom stereocenters. The minimum atomic E-state index is -3.97. The maximum atomic E-state index is 12.2. The monoisotopic (exact) mass is 200 g/mol. The highest BCUT2D eigenvalue weighted by molar-refractivity contribution is 7.85. The summed E-state index contributed by atoms with van der Waals surface area (Å²) in [7, 11) is -3.97. The van der Waals surface area contributed by atoms with Crippen LogP contribution in [0.1, 0.15) is 19.3 Å². The molecule has 0 saturated heterocycles. The van der Waals surface area contributed by atoms with Crippen LogP contribution in [0.2, 0.25) is 0 Å². The van der Waals surface area contributed by atoms with Crippen LogP contribution < -0.4 is 0 Å². The molecular weight excluding hydrogens is 190 g/mol. The average Bonchev–Trinajstić information content (AvgIpc) is 2.36. The van der Waals surface area contributed by atoms with Crippen molar-refractivity contribution in [2.45, 2.75) is 25.2 Å². The van der Waals surface area contributed by atoms with Crippen molar-refractivity contribution in [2.24, 2.45) is 5.92 Å². The quantitative estimate of drug-likeness (QED) is 0.696. The van der Waals surface area contributed by atoms with E-state index in [1.54, 1.807) is 0 Å². The highest BCUT2D eigenvalue weighted by Crippen LogP contribution is 2.51. The number of halogens is 2. The first-order valence-electron chi connectivity index (χ1n) is 3.64. The van der Waals surface area contributed by atoms with Gasteiger partial charge in [0.25, 0.3) is 16.0 Å². The van der Waals surface area contributed by atoms with Crippen molar-refractivity contribution >= 4 is 10.1 Å². The van der Waals surface area contributed by atoms with E-state index >= 15 is 0 Å². The maximum absolute atomic E-state index is 12.2. The topological polar surface area (TPSA) is 54.4 Å². The minimum Gasteiger partial charge on any atom is -0.286 e. The molecule has 1 N–H and O–H groups in total. The molecule has 0 amide bonds. The number of hydrogen-bond donors (Lipinski definition) is 1. The van der Waals surface area contributed by atoms with E-state index in [-0.39, 0.29) is 19.3 Å². The van der Waals surface area contributed by atoms with Crippen molar-refractivity contribution in [3.05, 3.63) is 0 Å². The maximum Gasteiger partial charge on any atom is 0.264 e. The Kier molecular flexibility index (Phi) is 2.40. The molecule has 1 unspecified atom stereocenters. The Bertz CT molecular complexity index is 260. The average molecular weight is 200 g/mol. The first-order valence-corrected chi connectivity index (χ1v) is 5.25. The third kappa shape index (κ3) is 3.02. The molecule has 72 valence electrons. The van der Waals surface area contributed by atoms with Gasteiger partial charge in [-0.15, -0.1) is 0 Å². The standard InChI is InChI=1S/C6H10F2O3S/c7-6(8)4-5(6)2-1-3-12(9,10)11/h5H,1-4H2,(H,9,10,11). The number of hydrogen-bond acceptors (Lipinski definition) is 2. The second-order valence-electron chi connectivity index (χ2n) is 3.09. The van der Waals surface area contributed by atoms with Crippen molar-refractivity contribution in [1.29, 1.82) is 0 Å². The van der Waals surface area contributed by atoms with Crippen LogP contribution in [0.15, 0.2) is 0 Å². The van der Waals surface area contributed by atoms with Crippen LogP contribution in [0.4, 0.5) is 8.78 Å². The van der Waals surface area contributed by atoms with Gasteiger partial charge in [0.2, 0.25) is 0 Å². The van der Waals surface area contributed by atoms with Gasteiger partial charge in [-0.05, 0) is 12.8 Å². The van der Waals surface area contributed by atoms with Gasteiger partial charge in [0.15, 0.2) is 0 Å². The molecule has 12 heavy (non-hydrogen) atoms. The van der Waals surface area contributed by atoms with Gasteiger partial charge in [0.1, 0.15) is 0 Å². The lowest BCUT2D eigenvalue weighted by molar-refractivity contribution is 0.0969.